The van der Waals surface area contributed by atoms with E-state index in [1.807, 2.05) is 30.4 Å². The Labute approximate surface area is 156 Å². The van der Waals surface area contributed by atoms with Crippen molar-refractivity contribution in [3.63, 3.8) is 0 Å². The van der Waals surface area contributed by atoms with Crippen molar-refractivity contribution in [2.45, 2.75) is 30.3 Å². The highest BCUT2D eigenvalue weighted by Gasteiger charge is 2.45. The fraction of sp³-hybridized carbons (Fsp3) is 0.467. The van der Waals surface area contributed by atoms with Gasteiger partial charge in [0, 0.05) is 29.1 Å². The molecule has 0 atom stereocenters. The first-order valence-corrected chi connectivity index (χ1v) is 10.6. The molecule has 1 N–H and O–H groups in total. The molecule has 1 saturated heterocycles. The number of nitrogens with zero attached hydrogens (tertiary/aromatic N) is 2. The molecule has 0 aromatic carbocycles. The molecule has 4 rings (SSSR count). The number of thioether (sulfide) groups is 2. The number of carbonyl (C=O) groups is 1. The summed E-state index contributed by atoms with van der Waals surface area (Å²) in [6, 6.07) is 0. The lowest BCUT2D eigenvalue weighted by Crippen LogP contribution is -2.21. The van der Waals surface area contributed by atoms with Crippen LogP contribution < -0.4 is 5.32 Å². The van der Waals surface area contributed by atoms with Crippen LogP contribution in [0.25, 0.3) is 0 Å². The second-order valence-corrected chi connectivity index (χ2v) is 9.93. The summed E-state index contributed by atoms with van der Waals surface area (Å²) in [7, 11) is 0. The van der Waals surface area contributed by atoms with E-state index in [-0.39, 0.29) is 20.0 Å². The summed E-state index contributed by atoms with van der Waals surface area (Å²) in [5.74, 6) is 3.01. The molecule has 132 valence electrons. The normalized spacial score (nSPS) is 18.3. The molecule has 2 aromatic heterocycles. The van der Waals surface area contributed by atoms with Crippen LogP contribution in [0, 0.1) is 17.0 Å². The summed E-state index contributed by atoms with van der Waals surface area (Å²) >= 11 is 4.72. The monoisotopic (exact) mass is 397 g/mol. The number of aromatic nitrogens is 1. The fourth-order valence-corrected chi connectivity index (χ4v) is 7.56. The highest BCUT2D eigenvalue weighted by molar-refractivity contribution is 8.20. The van der Waals surface area contributed by atoms with Gasteiger partial charge in [-0.15, -0.1) is 23.5 Å². The first-order chi connectivity index (χ1) is 12.0. The number of rotatable bonds is 3. The molecule has 1 fully saturated rings. The summed E-state index contributed by atoms with van der Waals surface area (Å²) in [5, 5.41) is 13.5. The van der Waals surface area contributed by atoms with Crippen LogP contribution in [-0.4, -0.2) is 27.3 Å². The molecule has 0 radical (unpaired) electrons. The van der Waals surface area contributed by atoms with Crippen molar-refractivity contribution in [2.24, 2.45) is 0 Å². The summed E-state index contributed by atoms with van der Waals surface area (Å²) in [6.07, 6.45) is 4.13. The lowest BCUT2D eigenvalue weighted by atomic mass is 9.94. The van der Waals surface area contributed by atoms with Gasteiger partial charge in [-0.2, -0.15) is 0 Å². The number of amides is 1. The van der Waals surface area contributed by atoms with Crippen molar-refractivity contribution in [3.05, 3.63) is 39.0 Å². The minimum atomic E-state index is -0.525. The van der Waals surface area contributed by atoms with Gasteiger partial charge in [-0.25, -0.2) is 4.98 Å². The van der Waals surface area contributed by atoms with Crippen molar-refractivity contribution in [2.75, 3.05) is 16.8 Å². The van der Waals surface area contributed by atoms with Crippen LogP contribution in [0.3, 0.4) is 0 Å². The highest BCUT2D eigenvalue weighted by atomic mass is 32.2. The van der Waals surface area contributed by atoms with E-state index in [0.29, 0.717) is 0 Å². The Morgan fingerprint density at radius 1 is 1.44 bits per heavy atom. The molecule has 2 aliphatic rings. The van der Waals surface area contributed by atoms with E-state index in [0.717, 1.165) is 59.6 Å². The van der Waals surface area contributed by atoms with Gasteiger partial charge in [-0.3, -0.25) is 20.2 Å². The van der Waals surface area contributed by atoms with Crippen LogP contribution in [0.5, 0.6) is 0 Å². The van der Waals surface area contributed by atoms with E-state index >= 15 is 0 Å². The Balaban J connectivity index is 1.63. The van der Waals surface area contributed by atoms with Gasteiger partial charge < -0.3 is 4.42 Å². The van der Waals surface area contributed by atoms with Crippen molar-refractivity contribution in [1.29, 1.82) is 0 Å². The molecule has 1 spiro atoms. The fourth-order valence-electron chi connectivity index (χ4n) is 3.38. The van der Waals surface area contributed by atoms with Crippen molar-refractivity contribution < 1.29 is 14.1 Å². The third-order valence-electron chi connectivity index (χ3n) is 4.36. The molecular weight excluding hydrogens is 382 g/mol. The number of carbonyl (C=O) groups excluding carboxylic acids is 1. The van der Waals surface area contributed by atoms with Gasteiger partial charge in [0.1, 0.15) is 12.0 Å². The van der Waals surface area contributed by atoms with E-state index in [1.165, 1.54) is 5.56 Å². The number of aryl methyl sites for hydroxylation is 1. The predicted octanol–water partition coefficient (Wildman–Crippen LogP) is 4.17. The number of furan rings is 1. The van der Waals surface area contributed by atoms with Crippen molar-refractivity contribution >= 4 is 50.9 Å². The van der Waals surface area contributed by atoms with Crippen LogP contribution in [0.2, 0.25) is 0 Å². The number of nitrogens with one attached hydrogen (secondary N) is 1. The van der Waals surface area contributed by atoms with E-state index in [4.69, 9.17) is 4.42 Å². The lowest BCUT2D eigenvalue weighted by Gasteiger charge is -2.31. The van der Waals surface area contributed by atoms with Crippen LogP contribution in [0.4, 0.5) is 10.1 Å². The van der Waals surface area contributed by atoms with E-state index in [2.05, 4.69) is 10.3 Å². The van der Waals surface area contributed by atoms with E-state index in [1.54, 1.807) is 0 Å². The van der Waals surface area contributed by atoms with Gasteiger partial charge >= 0.3 is 5.00 Å². The maximum atomic E-state index is 12.6. The van der Waals surface area contributed by atoms with Crippen molar-refractivity contribution in [1.82, 2.24) is 4.98 Å². The Kier molecular flexibility index (Phi) is 4.28. The lowest BCUT2D eigenvalue weighted by molar-refractivity contribution is -0.380. The second kappa shape index (κ2) is 6.33. The highest BCUT2D eigenvalue weighted by Crippen LogP contribution is 2.59. The zero-order valence-corrected chi connectivity index (χ0v) is 15.8. The van der Waals surface area contributed by atoms with Gasteiger partial charge in [0.25, 0.3) is 5.91 Å². The predicted molar refractivity (Wildman–Crippen MR) is 99.7 cm³/mol. The smallest absolute Gasteiger partial charge is 0.345 e. The van der Waals surface area contributed by atoms with Crippen LogP contribution in [-0.2, 0) is 10.5 Å². The summed E-state index contributed by atoms with van der Waals surface area (Å²) < 4.78 is 5.93. The van der Waals surface area contributed by atoms with Gasteiger partial charge in [0.2, 0.25) is 0 Å². The Hall–Kier alpha value is -1.52. The topological polar surface area (TPSA) is 98.3 Å². The maximum absolute atomic E-state index is 12.6. The van der Waals surface area contributed by atoms with Gasteiger partial charge in [-0.1, -0.05) is 0 Å². The molecule has 1 amide bonds. The van der Waals surface area contributed by atoms with Gasteiger partial charge in [0.05, 0.1) is 9.00 Å². The number of nitro groups is 1. The summed E-state index contributed by atoms with van der Waals surface area (Å²) in [4.78, 5) is 26.7. The summed E-state index contributed by atoms with van der Waals surface area (Å²) in [6.45, 7) is 1.92. The number of anilines is 1. The minimum absolute atomic E-state index is 0.0136. The molecule has 0 unspecified atom stereocenters. The summed E-state index contributed by atoms with van der Waals surface area (Å²) in [5.41, 5.74) is 2.04. The number of thiazole rings is 1. The molecule has 1 aliphatic carbocycles. The maximum Gasteiger partial charge on any atom is 0.345 e. The first kappa shape index (κ1) is 16.9. The van der Waals surface area contributed by atoms with Gasteiger partial charge in [-0.05, 0) is 31.1 Å². The Morgan fingerprint density at radius 3 is 2.88 bits per heavy atom. The zero-order chi connectivity index (χ0) is 17.6. The minimum Gasteiger partial charge on any atom is -0.455 e. The number of hydrogen-bond donors (Lipinski definition) is 1. The Morgan fingerprint density at radius 2 is 2.20 bits per heavy atom. The van der Waals surface area contributed by atoms with Crippen LogP contribution in [0.15, 0.2) is 10.6 Å². The molecule has 0 bridgehead atoms. The third-order valence-corrected chi connectivity index (χ3v) is 8.76. The number of fused-ring (bicyclic) bond motifs is 2. The average Bonchev–Trinajstić information content (AvgIpc) is 3.28. The molecule has 2 aromatic rings. The SMILES string of the molecule is Cc1c(C(=O)Nc2ncc([N+](=O)[O-])s2)oc2c1C1(CCC2)SCCS1. The largest absolute Gasteiger partial charge is 0.455 e. The Bertz CT molecular complexity index is 854. The zero-order valence-electron chi connectivity index (χ0n) is 13.4. The van der Waals surface area contributed by atoms with E-state index in [9.17, 15) is 14.9 Å². The molecule has 25 heavy (non-hydrogen) atoms. The van der Waals surface area contributed by atoms with Crippen LogP contribution >= 0.6 is 34.9 Å². The first-order valence-electron chi connectivity index (χ1n) is 7.82. The van der Waals surface area contributed by atoms with Gasteiger partial charge in [0.15, 0.2) is 10.9 Å². The molecular formula is C15H15N3O4S3. The quantitative estimate of drug-likeness (QED) is 0.613. The molecule has 1 aliphatic heterocycles. The second-order valence-electron chi connectivity index (χ2n) is 5.87. The van der Waals surface area contributed by atoms with Crippen LogP contribution in [0.1, 0.15) is 40.3 Å². The van der Waals surface area contributed by atoms with E-state index < -0.39 is 10.8 Å². The molecule has 7 nitrogen and oxygen atoms in total. The molecule has 10 heteroatoms. The molecule has 3 heterocycles. The third kappa shape index (κ3) is 2.85. The average molecular weight is 398 g/mol. The standard InChI is InChI=1S/C15H15N3O4S3/c1-8-11-9(3-2-4-15(11)23-5-6-24-15)22-12(8)13(19)17-14-16-7-10(25-14)18(20)21/h7H,2-6H2,1H3,(H,16,17,19). The molecule has 0 saturated carbocycles. The van der Waals surface area contributed by atoms with Crippen molar-refractivity contribution in [3.8, 4) is 0 Å². The number of hydrogen-bond acceptors (Lipinski definition) is 8.